The number of benzene rings is 2. The number of aryl methyl sites for hydroxylation is 1. The van der Waals surface area contributed by atoms with Crippen molar-refractivity contribution in [1.82, 2.24) is 50.2 Å². The number of aliphatic hydroxyl groups excluding tert-OH is 1. The minimum atomic E-state index is -4.99. The van der Waals surface area contributed by atoms with Crippen LogP contribution >= 0.6 is 11.3 Å². The van der Waals surface area contributed by atoms with E-state index in [0.29, 0.717) is 88.6 Å². The zero-order valence-electron chi connectivity index (χ0n) is 51.0. The second kappa shape index (κ2) is 28.4. The van der Waals surface area contributed by atoms with Gasteiger partial charge in [0.15, 0.2) is 0 Å². The van der Waals surface area contributed by atoms with E-state index in [1.807, 2.05) is 68.0 Å². The van der Waals surface area contributed by atoms with Gasteiger partial charge in [-0.1, -0.05) is 51.1 Å². The summed E-state index contributed by atoms with van der Waals surface area (Å²) in [6, 6.07) is 9.01. The van der Waals surface area contributed by atoms with Crippen LogP contribution < -0.4 is 31.3 Å². The van der Waals surface area contributed by atoms with Crippen molar-refractivity contribution in [3.05, 3.63) is 122 Å². The van der Waals surface area contributed by atoms with Crippen LogP contribution in [0.3, 0.4) is 0 Å². The maximum absolute atomic E-state index is 16.3. The molecule has 7 heterocycles. The molecule has 5 aromatic rings. The van der Waals surface area contributed by atoms with E-state index in [-0.39, 0.29) is 75.2 Å². The normalized spacial score (nSPS) is 19.9. The van der Waals surface area contributed by atoms with Gasteiger partial charge < -0.3 is 55.1 Å². The number of halogens is 4. The first-order valence-corrected chi connectivity index (χ1v) is 30.6. The Bertz CT molecular complexity index is 3430. The molecule has 5 atom stereocenters. The van der Waals surface area contributed by atoms with Gasteiger partial charge in [-0.2, -0.15) is 13.2 Å². The zero-order chi connectivity index (χ0) is 63.9. The number of likely N-dealkylation sites (tertiary alicyclic amines) is 1. The average Bonchev–Trinajstić information content (AvgIpc) is 1.23. The molecule has 5 amide bonds. The van der Waals surface area contributed by atoms with Crippen molar-refractivity contribution in [2.45, 2.75) is 104 Å². The number of carbonyl (C=O) groups is 5. The number of alkyl halides is 3. The first-order chi connectivity index (χ1) is 42.3. The summed E-state index contributed by atoms with van der Waals surface area (Å²) in [6.07, 6.45) is 0.568. The fourth-order valence-electron chi connectivity index (χ4n) is 11.5. The Kier molecular flexibility index (Phi) is 21.0. The van der Waals surface area contributed by atoms with Crippen LogP contribution in [0, 0.1) is 18.2 Å². The third-order valence-corrected chi connectivity index (χ3v) is 17.7. The van der Waals surface area contributed by atoms with Crippen molar-refractivity contribution >= 4 is 63.8 Å². The van der Waals surface area contributed by atoms with Crippen molar-refractivity contribution < 1.29 is 56.1 Å². The quantitative estimate of drug-likeness (QED) is 0.0489. The number of piperazine rings is 2. The molecule has 0 saturated carbocycles. The van der Waals surface area contributed by atoms with E-state index in [1.165, 1.54) is 17.0 Å². The number of aliphatic hydroxyl groups is 1. The van der Waals surface area contributed by atoms with Crippen molar-refractivity contribution in [3.8, 4) is 10.4 Å². The number of H-pyrrole nitrogens is 1. The lowest BCUT2D eigenvalue weighted by atomic mass is 9.85. The average molecular weight is 1260 g/mol. The molecule has 3 fully saturated rings. The summed E-state index contributed by atoms with van der Waals surface area (Å²) in [7, 11) is 1.98. The smallest absolute Gasteiger partial charge is 0.391 e. The van der Waals surface area contributed by atoms with E-state index in [1.54, 1.807) is 54.9 Å². The lowest BCUT2D eigenvalue weighted by Crippen LogP contribution is -2.58. The molecule has 4 aliphatic heterocycles. The predicted octanol–water partition coefficient (Wildman–Crippen LogP) is 5.32. The summed E-state index contributed by atoms with van der Waals surface area (Å²) < 4.78 is 69.5. The second-order valence-corrected chi connectivity index (χ2v) is 25.1. The van der Waals surface area contributed by atoms with Crippen LogP contribution in [0.2, 0.25) is 0 Å². The topological polar surface area (TPSA) is 251 Å². The number of hydrogen-bond donors (Lipinski definition) is 5. The van der Waals surface area contributed by atoms with Crippen LogP contribution in [0.1, 0.15) is 85.8 Å². The van der Waals surface area contributed by atoms with Crippen LogP contribution in [0.5, 0.6) is 0 Å². The number of aromatic amines is 1. The largest absolute Gasteiger partial charge is 0.417 e. The summed E-state index contributed by atoms with van der Waals surface area (Å²) >= 11 is 1.55. The fourth-order valence-corrected chi connectivity index (χ4v) is 12.3. The highest BCUT2D eigenvalue weighted by Gasteiger charge is 2.45. The number of anilines is 3. The number of nitrogens with one attached hydrogen (secondary N) is 4. The maximum Gasteiger partial charge on any atom is 0.417 e. The van der Waals surface area contributed by atoms with Crippen LogP contribution in [0.4, 0.5) is 34.9 Å². The van der Waals surface area contributed by atoms with Crippen molar-refractivity contribution in [1.29, 1.82) is 0 Å². The van der Waals surface area contributed by atoms with Gasteiger partial charge in [0.25, 0.3) is 5.91 Å². The molecule has 0 unspecified atom stereocenters. The van der Waals surface area contributed by atoms with Gasteiger partial charge >= 0.3 is 6.18 Å². The Morgan fingerprint density at radius 2 is 1.56 bits per heavy atom. The Hall–Kier alpha value is -7.69. The number of amides is 5. The summed E-state index contributed by atoms with van der Waals surface area (Å²) in [5.74, 6) is -2.86. The number of nitrogens with zero attached hydrogens (tertiary/aromatic N) is 9. The van der Waals surface area contributed by atoms with Gasteiger partial charge in [0, 0.05) is 126 Å². The van der Waals surface area contributed by atoms with E-state index in [2.05, 4.69) is 45.7 Å². The molecule has 3 saturated heterocycles. The SMILES string of the molecule is Cc1ncsc1-c1ccc(CNC(=O)[C@@H]2C[C@@H](O)CN2C(=O)[C@@H](NC(=O)COCCOCC(=O)N2CCN(Cc3cnc(N4CC=C(c5cc(NC(=O)c6c[nH]c(=O)cc6C(F)(F)F)c(N6C[C@@H](C)N(C)[C@@H](C)C6)cc5F)CC4)nc3)CC2)C(C)(C)C)cc1. The van der Waals surface area contributed by atoms with Crippen LogP contribution in [0.25, 0.3) is 16.0 Å². The van der Waals surface area contributed by atoms with Gasteiger partial charge in [-0.15, -0.1) is 11.3 Å². The highest BCUT2D eigenvalue weighted by atomic mass is 32.1. The van der Waals surface area contributed by atoms with Crippen LogP contribution in [0.15, 0.2) is 77.4 Å². The van der Waals surface area contributed by atoms with Crippen molar-refractivity contribution in [3.63, 3.8) is 0 Å². The van der Waals surface area contributed by atoms with E-state index in [4.69, 9.17) is 9.47 Å². The monoisotopic (exact) mass is 1260 g/mol. The molecule has 2 aromatic carbocycles. The molecule has 9 rings (SSSR count). The van der Waals surface area contributed by atoms with Gasteiger partial charge in [0.05, 0.1) is 57.9 Å². The molecule has 478 valence electrons. The highest BCUT2D eigenvalue weighted by molar-refractivity contribution is 7.13. The summed E-state index contributed by atoms with van der Waals surface area (Å²) in [5, 5.41) is 18.9. The van der Waals surface area contributed by atoms with E-state index >= 15 is 4.39 Å². The molecule has 4 aliphatic rings. The first-order valence-electron chi connectivity index (χ1n) is 29.7. The molecule has 3 aromatic heterocycles. The van der Waals surface area contributed by atoms with E-state index < -0.39 is 75.9 Å². The van der Waals surface area contributed by atoms with E-state index in [0.717, 1.165) is 33.5 Å². The predicted molar refractivity (Wildman–Crippen MR) is 327 cm³/mol. The van der Waals surface area contributed by atoms with Gasteiger partial charge in [-0.25, -0.2) is 19.3 Å². The summed E-state index contributed by atoms with van der Waals surface area (Å²) in [5.41, 5.74) is 2.80. The lowest BCUT2D eigenvalue weighted by molar-refractivity contribution is -0.144. The van der Waals surface area contributed by atoms with Gasteiger partial charge in [0.1, 0.15) is 31.1 Å². The second-order valence-electron chi connectivity index (χ2n) is 24.2. The third-order valence-electron chi connectivity index (χ3n) is 16.7. The molecule has 27 heteroatoms. The minimum Gasteiger partial charge on any atom is -0.391 e. The Balaban J connectivity index is 0.695. The molecule has 22 nitrogen and oxygen atoms in total. The van der Waals surface area contributed by atoms with Crippen LogP contribution in [-0.2, 0) is 47.9 Å². The molecule has 0 radical (unpaired) electrons. The molecule has 5 N–H and O–H groups in total. The first kappa shape index (κ1) is 65.7. The number of pyridine rings is 1. The Labute approximate surface area is 517 Å². The van der Waals surface area contributed by atoms with Crippen molar-refractivity contribution in [2.24, 2.45) is 5.41 Å². The number of aromatic nitrogens is 4. The van der Waals surface area contributed by atoms with Gasteiger partial charge in [-0.05, 0) is 68.5 Å². The molecular weight excluding hydrogens is 1180 g/mol. The lowest BCUT2D eigenvalue weighted by Gasteiger charge is -2.44. The fraction of sp³-hybridized carbons (Fsp3) is 0.500. The number of carbonyl (C=O) groups excluding carboxylic acids is 5. The number of ether oxygens (including phenoxy) is 2. The number of hydrogen-bond acceptors (Lipinski definition) is 17. The van der Waals surface area contributed by atoms with Crippen LogP contribution in [-0.4, -0.2) is 197 Å². The molecule has 0 spiro atoms. The van der Waals surface area contributed by atoms with Crippen molar-refractivity contribution in [2.75, 3.05) is 107 Å². The zero-order valence-corrected chi connectivity index (χ0v) is 51.8. The summed E-state index contributed by atoms with van der Waals surface area (Å²) in [4.78, 5) is 107. The number of likely N-dealkylation sites (N-methyl/N-ethyl adjacent to an activating group) is 1. The molecular formula is C62H77F4N13O9S. The minimum absolute atomic E-state index is 0.00536. The standard InChI is InChI=1S/C62H77F4N13O9S/c1-37-30-78(31-38(2)74(37)7)50-25-48(63)45(23-49(50)72-57(84)46-29-67-52(81)24-47(46)62(64,65)66)42-12-14-77(15-13-42)60-69-27-41(28-70-60)32-75-16-18-76(19-17-75)54(83)35-88-21-20-87-34-53(82)73-56(61(4,5)6)59(86)79-33-44(80)22-51(79)58(85)68-26-40-8-10-43(11-9-40)55-39(3)71-36-89-55/h8-12,23-25,27-29,36-38,44,51,56,80H,13-22,26,30-35H2,1-7H3,(H,67,81)(H,68,85)(H,72,84)(H,73,82)/t37-,38+,44-,51+,56-/m1/s1. The Morgan fingerprint density at radius 3 is 2.19 bits per heavy atom. The molecule has 0 bridgehead atoms. The summed E-state index contributed by atoms with van der Waals surface area (Å²) in [6.45, 7) is 15.3. The maximum atomic E-state index is 16.3. The number of thiazole rings is 1. The highest BCUT2D eigenvalue weighted by Crippen LogP contribution is 2.38. The third kappa shape index (κ3) is 16.4. The molecule has 89 heavy (non-hydrogen) atoms. The number of β-amino-alcohol motifs (C(OH)–C–C–N with tert-alkyl or cyclic N) is 1. The molecule has 0 aliphatic carbocycles. The van der Waals surface area contributed by atoms with Gasteiger partial charge in [-0.3, -0.25) is 38.6 Å². The van der Waals surface area contributed by atoms with E-state index in [9.17, 15) is 47.0 Å². The van der Waals surface area contributed by atoms with Gasteiger partial charge in [0.2, 0.25) is 35.1 Å². The number of rotatable bonds is 20. The Morgan fingerprint density at radius 1 is 0.876 bits per heavy atom.